The average molecular weight is 206 g/mol. The molecule has 1 unspecified atom stereocenters. The normalized spacial score (nSPS) is 14.1. The number of hydrogen-bond donors (Lipinski definition) is 0. The Bertz CT molecular complexity index is 113. The summed E-state index contributed by atoms with van der Waals surface area (Å²) in [7, 11) is -1.85. The molecule has 0 fully saturated rings. The van der Waals surface area contributed by atoms with E-state index in [-0.39, 0.29) is 6.10 Å². The van der Waals surface area contributed by atoms with Crippen LogP contribution in [0, 0.1) is 5.92 Å². The van der Waals surface area contributed by atoms with E-state index in [0.29, 0.717) is 19.1 Å². The van der Waals surface area contributed by atoms with Crippen LogP contribution >= 0.6 is 0 Å². The van der Waals surface area contributed by atoms with Gasteiger partial charge in [0.05, 0.1) is 0 Å². The van der Waals surface area contributed by atoms with Crippen LogP contribution in [0.2, 0.25) is 0 Å². The second kappa shape index (κ2) is 7.50. The van der Waals surface area contributed by atoms with Gasteiger partial charge in [-0.3, -0.25) is 0 Å². The first-order valence-electron chi connectivity index (χ1n) is 5.00. The minimum absolute atomic E-state index is 0.217. The molecule has 0 rings (SSSR count). The predicted octanol–water partition coefficient (Wildman–Crippen LogP) is 1.84. The fourth-order valence-corrected chi connectivity index (χ4v) is 2.19. The number of rotatable bonds is 7. The minimum Gasteiger partial charge on any atom is -0.376 e. The van der Waals surface area contributed by atoms with Crippen molar-refractivity contribution in [2.24, 2.45) is 5.92 Å². The lowest BCUT2D eigenvalue weighted by atomic mass is 10.1. The zero-order valence-corrected chi connectivity index (χ0v) is 10.5. The molecule has 0 aromatic carbocycles. The van der Waals surface area contributed by atoms with Crippen LogP contribution in [-0.2, 0) is 13.3 Å². The van der Waals surface area contributed by atoms with Crippen molar-refractivity contribution in [2.75, 3.05) is 13.2 Å². The summed E-state index contributed by atoms with van der Waals surface area (Å²) in [6.07, 6.45) is 0.217. The fraction of sp³-hybridized carbons (Fsp3) is 1.00. The Morgan fingerprint density at radius 1 is 1.00 bits per heavy atom. The molecule has 4 heteroatoms. The van der Waals surface area contributed by atoms with Crippen LogP contribution < -0.4 is 0 Å². The third kappa shape index (κ3) is 6.21. The monoisotopic (exact) mass is 206 g/mol. The standard InChI is InChI=1S/C9H22O3Si/c1-6-10-13(11-7-2)12-9(5)8(3)4/h8-9,13H,6-7H2,1-5H3. The van der Waals surface area contributed by atoms with E-state index in [1.807, 2.05) is 13.8 Å². The zero-order valence-electron chi connectivity index (χ0n) is 9.37. The van der Waals surface area contributed by atoms with E-state index in [1.165, 1.54) is 0 Å². The molecule has 0 amide bonds. The molecule has 0 aliphatic heterocycles. The third-order valence-corrected chi connectivity index (χ3v) is 3.73. The lowest BCUT2D eigenvalue weighted by molar-refractivity contribution is 0.0517. The summed E-state index contributed by atoms with van der Waals surface area (Å²) in [4.78, 5) is 0. The highest BCUT2D eigenvalue weighted by molar-refractivity contribution is 6.36. The van der Waals surface area contributed by atoms with Crippen molar-refractivity contribution >= 4 is 9.53 Å². The summed E-state index contributed by atoms with van der Waals surface area (Å²) in [5.74, 6) is 0.510. The molecule has 0 saturated carbocycles. The highest BCUT2D eigenvalue weighted by atomic mass is 28.3. The van der Waals surface area contributed by atoms with Crippen molar-refractivity contribution in [1.29, 1.82) is 0 Å². The van der Waals surface area contributed by atoms with Gasteiger partial charge in [-0.05, 0) is 26.7 Å². The van der Waals surface area contributed by atoms with E-state index in [1.54, 1.807) is 0 Å². The molecule has 0 aromatic heterocycles. The first-order valence-corrected chi connectivity index (χ1v) is 6.41. The fourth-order valence-electron chi connectivity index (χ4n) is 0.731. The van der Waals surface area contributed by atoms with E-state index in [9.17, 15) is 0 Å². The van der Waals surface area contributed by atoms with Gasteiger partial charge in [-0.15, -0.1) is 0 Å². The van der Waals surface area contributed by atoms with Gasteiger partial charge in [-0.25, -0.2) is 0 Å². The van der Waals surface area contributed by atoms with Gasteiger partial charge in [0.15, 0.2) is 0 Å². The molecule has 0 saturated heterocycles. The summed E-state index contributed by atoms with van der Waals surface area (Å²) in [6.45, 7) is 11.6. The molecule has 0 spiro atoms. The molecular formula is C9H22O3Si. The van der Waals surface area contributed by atoms with Gasteiger partial charge >= 0.3 is 9.53 Å². The highest BCUT2D eigenvalue weighted by Crippen LogP contribution is 2.07. The van der Waals surface area contributed by atoms with E-state index < -0.39 is 9.53 Å². The van der Waals surface area contributed by atoms with Crippen molar-refractivity contribution in [3.05, 3.63) is 0 Å². The molecular weight excluding hydrogens is 184 g/mol. The lowest BCUT2D eigenvalue weighted by Crippen LogP contribution is -2.33. The maximum atomic E-state index is 5.69. The molecule has 3 nitrogen and oxygen atoms in total. The molecule has 0 aliphatic carbocycles. The Kier molecular flexibility index (Phi) is 7.55. The molecule has 1 atom stereocenters. The molecule has 13 heavy (non-hydrogen) atoms. The first kappa shape index (κ1) is 13.1. The molecule has 0 bridgehead atoms. The molecule has 80 valence electrons. The molecule has 0 aliphatic rings. The second-order valence-electron chi connectivity index (χ2n) is 3.28. The van der Waals surface area contributed by atoms with Crippen LogP contribution in [0.5, 0.6) is 0 Å². The molecule has 0 radical (unpaired) electrons. The van der Waals surface area contributed by atoms with E-state index in [4.69, 9.17) is 13.3 Å². The van der Waals surface area contributed by atoms with Gasteiger partial charge in [0, 0.05) is 19.3 Å². The van der Waals surface area contributed by atoms with Crippen LogP contribution in [0.3, 0.4) is 0 Å². The SMILES string of the molecule is CCO[SiH](OCC)OC(C)C(C)C. The Balaban J connectivity index is 3.78. The second-order valence-corrected chi connectivity index (χ2v) is 4.80. The molecule has 0 N–H and O–H groups in total. The van der Waals surface area contributed by atoms with E-state index in [2.05, 4.69) is 20.8 Å². The van der Waals surface area contributed by atoms with Crippen LogP contribution in [0.1, 0.15) is 34.6 Å². The topological polar surface area (TPSA) is 27.7 Å². The summed E-state index contributed by atoms with van der Waals surface area (Å²) in [5, 5.41) is 0. The van der Waals surface area contributed by atoms with Crippen molar-refractivity contribution in [1.82, 2.24) is 0 Å². The van der Waals surface area contributed by atoms with Crippen LogP contribution in [-0.4, -0.2) is 28.8 Å². The zero-order chi connectivity index (χ0) is 10.3. The van der Waals surface area contributed by atoms with Crippen molar-refractivity contribution in [3.8, 4) is 0 Å². The summed E-state index contributed by atoms with van der Waals surface area (Å²) in [5.41, 5.74) is 0. The van der Waals surface area contributed by atoms with Crippen molar-refractivity contribution < 1.29 is 13.3 Å². The summed E-state index contributed by atoms with van der Waals surface area (Å²) >= 11 is 0. The highest BCUT2D eigenvalue weighted by Gasteiger charge is 2.19. The van der Waals surface area contributed by atoms with Gasteiger partial charge in [0.1, 0.15) is 0 Å². The molecule has 0 heterocycles. The molecule has 0 aromatic rings. The third-order valence-electron chi connectivity index (χ3n) is 1.87. The first-order chi connectivity index (χ1) is 6.11. The Morgan fingerprint density at radius 3 is 1.77 bits per heavy atom. The Morgan fingerprint density at radius 2 is 1.46 bits per heavy atom. The van der Waals surface area contributed by atoms with Crippen LogP contribution in [0.4, 0.5) is 0 Å². The maximum Gasteiger partial charge on any atom is 0.484 e. The van der Waals surface area contributed by atoms with E-state index in [0.717, 1.165) is 0 Å². The largest absolute Gasteiger partial charge is 0.484 e. The van der Waals surface area contributed by atoms with Crippen molar-refractivity contribution in [3.63, 3.8) is 0 Å². The van der Waals surface area contributed by atoms with Gasteiger partial charge < -0.3 is 13.3 Å². The van der Waals surface area contributed by atoms with Gasteiger partial charge in [-0.2, -0.15) is 0 Å². The van der Waals surface area contributed by atoms with Gasteiger partial charge in [-0.1, -0.05) is 13.8 Å². The van der Waals surface area contributed by atoms with Crippen molar-refractivity contribution in [2.45, 2.75) is 40.7 Å². The quantitative estimate of drug-likeness (QED) is 0.595. The number of hydrogen-bond acceptors (Lipinski definition) is 3. The van der Waals surface area contributed by atoms with E-state index >= 15 is 0 Å². The van der Waals surface area contributed by atoms with Gasteiger partial charge in [0.2, 0.25) is 0 Å². The Labute approximate surface area is 83.3 Å². The maximum absolute atomic E-state index is 5.69. The summed E-state index contributed by atoms with van der Waals surface area (Å²) < 4.78 is 16.5. The van der Waals surface area contributed by atoms with Crippen LogP contribution in [0.25, 0.3) is 0 Å². The predicted molar refractivity (Wildman–Crippen MR) is 55.8 cm³/mol. The smallest absolute Gasteiger partial charge is 0.376 e. The average Bonchev–Trinajstić information content (AvgIpc) is 2.05. The van der Waals surface area contributed by atoms with Gasteiger partial charge in [0.25, 0.3) is 0 Å². The van der Waals surface area contributed by atoms with Crippen LogP contribution in [0.15, 0.2) is 0 Å². The lowest BCUT2D eigenvalue weighted by Gasteiger charge is -2.22. The Hall–Kier alpha value is 0.0969. The summed E-state index contributed by atoms with van der Waals surface area (Å²) in [6, 6.07) is 0. The minimum atomic E-state index is -1.85.